The zero-order valence-electron chi connectivity index (χ0n) is 24.1. The third kappa shape index (κ3) is 6.55. The molecule has 3 amide bonds. The third-order valence-corrected chi connectivity index (χ3v) is 7.67. The van der Waals surface area contributed by atoms with E-state index >= 15 is 0 Å². The highest BCUT2D eigenvalue weighted by Crippen LogP contribution is 2.28. The van der Waals surface area contributed by atoms with Crippen molar-refractivity contribution >= 4 is 41.5 Å². The number of hydrogen-bond donors (Lipinski definition) is 4. The molecular formula is C30H41N5O5. The van der Waals surface area contributed by atoms with Crippen molar-refractivity contribution in [2.45, 2.75) is 84.7 Å². The van der Waals surface area contributed by atoms with Crippen LogP contribution in [0.5, 0.6) is 0 Å². The number of hydrogen-bond acceptors (Lipinski definition) is 7. The zero-order chi connectivity index (χ0) is 29.2. The molecular weight excluding hydrogens is 510 g/mol. The lowest BCUT2D eigenvalue weighted by Crippen LogP contribution is -2.61. The van der Waals surface area contributed by atoms with Gasteiger partial charge >= 0.3 is 5.97 Å². The van der Waals surface area contributed by atoms with Crippen LogP contribution < -0.4 is 21.4 Å². The summed E-state index contributed by atoms with van der Waals surface area (Å²) in [5, 5.41) is 10.5. The average Bonchev–Trinajstić information content (AvgIpc) is 2.92. The van der Waals surface area contributed by atoms with E-state index in [1.54, 1.807) is 20.8 Å². The Labute approximate surface area is 235 Å². The molecule has 0 spiro atoms. The number of nitrogens with zero attached hydrogens (tertiary/aromatic N) is 1. The lowest BCUT2D eigenvalue weighted by atomic mass is 9.89. The maximum Gasteiger partial charge on any atom is 0.325 e. The Kier molecular flexibility index (Phi) is 8.68. The van der Waals surface area contributed by atoms with Gasteiger partial charge in [-0.05, 0) is 63.6 Å². The summed E-state index contributed by atoms with van der Waals surface area (Å²) in [4.78, 5) is 52.8. The van der Waals surface area contributed by atoms with Crippen LogP contribution in [0, 0.1) is 11.3 Å². The number of carbonyl (C=O) groups excluding carboxylic acids is 4. The van der Waals surface area contributed by atoms with E-state index in [9.17, 15) is 19.2 Å². The minimum Gasteiger partial charge on any atom is -0.459 e. The van der Waals surface area contributed by atoms with Gasteiger partial charge in [0, 0.05) is 12.2 Å². The molecule has 5 atom stereocenters. The zero-order valence-corrected chi connectivity index (χ0v) is 24.1. The van der Waals surface area contributed by atoms with Gasteiger partial charge in [0.05, 0.1) is 11.5 Å². The van der Waals surface area contributed by atoms with Crippen molar-refractivity contribution in [3.63, 3.8) is 0 Å². The topological polar surface area (TPSA) is 129 Å². The van der Waals surface area contributed by atoms with Crippen molar-refractivity contribution in [3.05, 3.63) is 41.5 Å². The first-order valence-corrected chi connectivity index (χ1v) is 14.0. The average molecular weight is 552 g/mol. The van der Waals surface area contributed by atoms with Gasteiger partial charge in [0.15, 0.2) is 0 Å². The van der Waals surface area contributed by atoms with Crippen LogP contribution >= 0.6 is 0 Å². The van der Waals surface area contributed by atoms with Gasteiger partial charge < -0.3 is 20.7 Å². The molecule has 1 aromatic carbocycles. The van der Waals surface area contributed by atoms with E-state index < -0.39 is 41.5 Å². The van der Waals surface area contributed by atoms with Crippen LogP contribution in [0.15, 0.2) is 30.4 Å². The van der Waals surface area contributed by atoms with E-state index in [2.05, 4.69) is 21.4 Å². The number of benzene rings is 1. The number of cyclic esters (lactones) is 1. The van der Waals surface area contributed by atoms with Crippen LogP contribution in [0.1, 0.15) is 65.5 Å². The quantitative estimate of drug-likeness (QED) is 0.395. The molecule has 0 aliphatic carbocycles. The fourth-order valence-electron chi connectivity index (χ4n) is 4.95. The molecule has 10 nitrogen and oxygen atoms in total. The van der Waals surface area contributed by atoms with Gasteiger partial charge in [-0.2, -0.15) is 0 Å². The molecule has 1 saturated heterocycles. The monoisotopic (exact) mass is 551 g/mol. The second-order valence-corrected chi connectivity index (χ2v) is 11.8. The summed E-state index contributed by atoms with van der Waals surface area (Å²) in [5.41, 5.74) is 4.88. The highest BCUT2D eigenvalue weighted by molar-refractivity contribution is 5.94. The normalized spacial score (nSPS) is 30.1. The van der Waals surface area contributed by atoms with Crippen molar-refractivity contribution < 1.29 is 23.9 Å². The summed E-state index contributed by atoms with van der Waals surface area (Å²) in [6.07, 6.45) is 8.33. The van der Waals surface area contributed by atoms with Gasteiger partial charge in [-0.15, -0.1) is 0 Å². The van der Waals surface area contributed by atoms with Crippen LogP contribution in [0.2, 0.25) is 0 Å². The van der Waals surface area contributed by atoms with Crippen molar-refractivity contribution in [3.8, 4) is 0 Å². The summed E-state index contributed by atoms with van der Waals surface area (Å²) in [6, 6.07) is 3.33. The van der Waals surface area contributed by atoms with Gasteiger partial charge in [-0.25, -0.2) is 5.43 Å². The summed E-state index contributed by atoms with van der Waals surface area (Å²) >= 11 is 0. The fourth-order valence-corrected chi connectivity index (χ4v) is 4.95. The summed E-state index contributed by atoms with van der Waals surface area (Å²) in [5.74, 6) is -1.76. The first kappa shape index (κ1) is 29.3. The Bertz CT molecular complexity index is 1220. The van der Waals surface area contributed by atoms with E-state index in [0.29, 0.717) is 19.4 Å². The lowest BCUT2D eigenvalue weighted by Gasteiger charge is -2.35. The molecule has 0 aromatic heterocycles. The van der Waals surface area contributed by atoms with Gasteiger partial charge in [-0.3, -0.25) is 24.2 Å². The van der Waals surface area contributed by atoms with Gasteiger partial charge in [0.2, 0.25) is 11.8 Å². The number of carbonyl (C=O) groups is 4. The molecule has 10 heteroatoms. The maximum absolute atomic E-state index is 13.3. The van der Waals surface area contributed by atoms with Crippen LogP contribution in [-0.4, -0.2) is 65.5 Å². The highest BCUT2D eigenvalue weighted by atomic mass is 16.5. The Hall–Kier alpha value is -3.66. The van der Waals surface area contributed by atoms with Crippen molar-refractivity contribution in [2.24, 2.45) is 11.3 Å². The van der Waals surface area contributed by atoms with Gasteiger partial charge in [-0.1, -0.05) is 50.3 Å². The number of nitrogens with one attached hydrogen (secondary N) is 4. The Morgan fingerprint density at radius 1 is 1.02 bits per heavy atom. The lowest BCUT2D eigenvalue weighted by molar-refractivity contribution is -0.156. The molecule has 3 heterocycles. The summed E-state index contributed by atoms with van der Waals surface area (Å²) < 4.78 is 5.82. The molecule has 3 aliphatic heterocycles. The highest BCUT2D eigenvalue weighted by Gasteiger charge is 2.36. The van der Waals surface area contributed by atoms with Crippen LogP contribution in [0.25, 0.3) is 12.2 Å². The number of anilines is 1. The first-order valence-electron chi connectivity index (χ1n) is 14.0. The third-order valence-electron chi connectivity index (χ3n) is 7.67. The van der Waals surface area contributed by atoms with E-state index in [4.69, 9.17) is 4.74 Å². The first-order chi connectivity index (χ1) is 18.9. The second kappa shape index (κ2) is 11.8. The van der Waals surface area contributed by atoms with Gasteiger partial charge in [0.1, 0.15) is 24.2 Å². The number of esters is 1. The van der Waals surface area contributed by atoms with Crippen LogP contribution in [0.4, 0.5) is 5.69 Å². The van der Waals surface area contributed by atoms with Crippen molar-refractivity contribution in [1.29, 1.82) is 0 Å². The Balaban J connectivity index is 1.65. The molecule has 40 heavy (non-hydrogen) atoms. The predicted octanol–water partition coefficient (Wildman–Crippen LogP) is 2.62. The summed E-state index contributed by atoms with van der Waals surface area (Å²) in [7, 11) is 0. The predicted molar refractivity (Wildman–Crippen MR) is 153 cm³/mol. The van der Waals surface area contributed by atoms with E-state index in [-0.39, 0.29) is 23.8 Å². The molecule has 4 rings (SSSR count). The molecule has 0 saturated carbocycles. The molecule has 216 valence electrons. The van der Waals surface area contributed by atoms with E-state index in [1.165, 1.54) is 5.01 Å². The van der Waals surface area contributed by atoms with Crippen LogP contribution in [-0.2, 0) is 23.9 Å². The fraction of sp³-hybridized carbons (Fsp3) is 0.533. The van der Waals surface area contributed by atoms with Crippen LogP contribution in [0.3, 0.4) is 0 Å². The Morgan fingerprint density at radius 3 is 2.50 bits per heavy atom. The van der Waals surface area contributed by atoms with Crippen molar-refractivity contribution in [1.82, 2.24) is 21.1 Å². The second-order valence-electron chi connectivity index (χ2n) is 11.8. The van der Waals surface area contributed by atoms with E-state index in [0.717, 1.165) is 16.8 Å². The number of amides is 3. The molecule has 1 fully saturated rings. The smallest absolute Gasteiger partial charge is 0.325 e. The SMILES string of the molecule is CC(C)[C@@H]1NC(=O)C(C)(C)/C=C/c2ccc3c(c2)NC(C=C3)[C@@H](C)OC(=O)C2CCCN(N2)C(=O)[C@H](C)NC1=O. The molecule has 0 radical (unpaired) electrons. The number of ether oxygens (including phenoxy) is 1. The maximum atomic E-state index is 13.3. The molecule has 3 aliphatic rings. The number of hydrazine groups is 1. The van der Waals surface area contributed by atoms with E-state index in [1.807, 2.05) is 63.3 Å². The minimum absolute atomic E-state index is 0.213. The molecule has 4 N–H and O–H groups in total. The number of fused-ring (bicyclic) bond motifs is 4. The summed E-state index contributed by atoms with van der Waals surface area (Å²) in [6.45, 7) is 11.1. The van der Waals surface area contributed by atoms with Gasteiger partial charge in [0.25, 0.3) is 5.91 Å². The van der Waals surface area contributed by atoms with Crippen molar-refractivity contribution in [2.75, 3.05) is 11.9 Å². The number of rotatable bonds is 1. The molecule has 5 bridgehead atoms. The Morgan fingerprint density at radius 2 is 1.77 bits per heavy atom. The molecule has 1 aromatic rings. The minimum atomic E-state index is -0.908. The largest absolute Gasteiger partial charge is 0.459 e. The molecule has 2 unspecified atom stereocenters. The standard InChI is InChI=1S/C30H41N5O5/c1-17(2)25-26(36)31-18(3)27(37)35-15-7-8-23(34-35)28(38)40-19(4)22-12-11-21-10-9-20(16-24(21)32-22)13-14-30(5,6)29(39)33-25/h9-14,16-19,22-23,25,32,34H,7-8,15H2,1-6H3,(H,31,36)(H,33,39)/b14-13+/t18-,19+,22?,23?,25-/m0/s1.